The summed E-state index contributed by atoms with van der Waals surface area (Å²) in [6.07, 6.45) is -1.02. The lowest BCUT2D eigenvalue weighted by Crippen LogP contribution is -2.42. The van der Waals surface area contributed by atoms with Crippen molar-refractivity contribution in [3.05, 3.63) is 35.7 Å². The van der Waals surface area contributed by atoms with Crippen molar-refractivity contribution >= 4 is 17.9 Å². The molecule has 1 aromatic carbocycles. The minimum atomic E-state index is -1.13. The van der Waals surface area contributed by atoms with Gasteiger partial charge < -0.3 is 15.0 Å². The number of ether oxygens (including phenoxy) is 1. The number of aromatic nitrogens is 2. The quantitative estimate of drug-likeness (QED) is 0.747. The second-order valence-corrected chi connectivity index (χ2v) is 5.36. The number of carbonyl (C=O) groups excluding carboxylic acids is 3. The third kappa shape index (κ3) is 5.41. The van der Waals surface area contributed by atoms with Gasteiger partial charge in [0.05, 0.1) is 6.42 Å². The highest BCUT2D eigenvalue weighted by atomic mass is 16.5. The number of urea groups is 1. The van der Waals surface area contributed by atoms with E-state index in [-0.39, 0.29) is 18.7 Å². The van der Waals surface area contributed by atoms with Crippen LogP contribution in [-0.2, 0) is 20.7 Å². The fourth-order valence-corrected chi connectivity index (χ4v) is 1.92. The summed E-state index contributed by atoms with van der Waals surface area (Å²) in [6, 6.07) is 6.60. The average molecular weight is 346 g/mol. The van der Waals surface area contributed by atoms with E-state index < -0.39 is 24.0 Å². The average Bonchev–Trinajstić information content (AvgIpc) is 3.02. The van der Waals surface area contributed by atoms with Gasteiger partial charge in [-0.25, -0.2) is 4.79 Å². The van der Waals surface area contributed by atoms with Crippen LogP contribution in [-0.4, -0.2) is 34.2 Å². The molecule has 0 radical (unpaired) electrons. The minimum absolute atomic E-state index is 0.0519. The van der Waals surface area contributed by atoms with Crippen LogP contribution in [0.25, 0.3) is 11.4 Å². The van der Waals surface area contributed by atoms with E-state index in [1.165, 1.54) is 6.92 Å². The van der Waals surface area contributed by atoms with Crippen molar-refractivity contribution in [2.45, 2.75) is 32.8 Å². The predicted octanol–water partition coefficient (Wildman–Crippen LogP) is 1.10. The van der Waals surface area contributed by atoms with Crippen LogP contribution < -0.4 is 11.1 Å². The van der Waals surface area contributed by atoms with Gasteiger partial charge in [-0.1, -0.05) is 35.0 Å². The van der Waals surface area contributed by atoms with Gasteiger partial charge in [0.25, 0.3) is 5.91 Å². The highest BCUT2D eigenvalue weighted by molar-refractivity contribution is 5.96. The zero-order valence-corrected chi connectivity index (χ0v) is 13.8. The SMILES string of the molecule is Cc1ccc(-c2noc(CCC(=O)OC(C)C(=O)NC(N)=O)n2)cc1. The maximum Gasteiger partial charge on any atom is 0.318 e. The lowest BCUT2D eigenvalue weighted by molar-refractivity contribution is -0.154. The second kappa shape index (κ2) is 8.04. The Labute approximate surface area is 143 Å². The molecule has 0 saturated carbocycles. The molecule has 2 aromatic rings. The number of primary amides is 1. The van der Waals surface area contributed by atoms with Crippen LogP contribution in [0.1, 0.15) is 24.8 Å². The van der Waals surface area contributed by atoms with Gasteiger partial charge in [0.2, 0.25) is 11.7 Å². The Hall–Kier alpha value is -3.23. The topological polar surface area (TPSA) is 137 Å². The molecule has 0 aliphatic rings. The summed E-state index contributed by atoms with van der Waals surface area (Å²) in [4.78, 5) is 37.9. The largest absolute Gasteiger partial charge is 0.453 e. The summed E-state index contributed by atoms with van der Waals surface area (Å²) < 4.78 is 9.99. The molecule has 9 nitrogen and oxygen atoms in total. The standard InChI is InChI=1S/C16H18N4O5/c1-9-3-5-11(6-4-9)14-18-12(25-20-14)7-8-13(21)24-10(2)15(22)19-16(17)23/h3-6,10H,7-8H2,1-2H3,(H3,17,19,22,23). The molecule has 0 fully saturated rings. The summed E-state index contributed by atoms with van der Waals surface area (Å²) >= 11 is 0. The fraction of sp³-hybridized carbons (Fsp3) is 0.312. The molecule has 25 heavy (non-hydrogen) atoms. The third-order valence-corrected chi connectivity index (χ3v) is 3.24. The first-order chi connectivity index (χ1) is 11.8. The molecule has 1 unspecified atom stereocenters. The molecular formula is C16H18N4O5. The second-order valence-electron chi connectivity index (χ2n) is 5.36. The maximum absolute atomic E-state index is 11.7. The van der Waals surface area contributed by atoms with Crippen molar-refractivity contribution in [3.63, 3.8) is 0 Å². The molecule has 3 N–H and O–H groups in total. The number of hydrogen-bond acceptors (Lipinski definition) is 7. The van der Waals surface area contributed by atoms with Crippen molar-refractivity contribution in [2.24, 2.45) is 5.73 Å². The summed E-state index contributed by atoms with van der Waals surface area (Å²) in [5.41, 5.74) is 6.74. The number of nitrogens with zero attached hydrogens (tertiary/aromatic N) is 2. The van der Waals surface area contributed by atoms with E-state index in [0.29, 0.717) is 5.82 Å². The molecule has 0 aliphatic carbocycles. The molecule has 0 saturated heterocycles. The van der Waals surface area contributed by atoms with Crippen LogP contribution in [0, 0.1) is 6.92 Å². The first-order valence-electron chi connectivity index (χ1n) is 7.54. The molecule has 132 valence electrons. The third-order valence-electron chi connectivity index (χ3n) is 3.24. The molecule has 2 rings (SSSR count). The van der Waals surface area contributed by atoms with E-state index >= 15 is 0 Å². The Morgan fingerprint density at radius 1 is 1.28 bits per heavy atom. The number of amides is 3. The minimum Gasteiger partial charge on any atom is -0.453 e. The van der Waals surface area contributed by atoms with E-state index in [0.717, 1.165) is 11.1 Å². The van der Waals surface area contributed by atoms with Crippen LogP contribution in [0.15, 0.2) is 28.8 Å². The van der Waals surface area contributed by atoms with E-state index in [1.807, 2.05) is 36.5 Å². The Morgan fingerprint density at radius 2 is 1.96 bits per heavy atom. The number of carbonyl (C=O) groups is 3. The highest BCUT2D eigenvalue weighted by Gasteiger charge is 2.19. The van der Waals surface area contributed by atoms with Gasteiger partial charge in [0.15, 0.2) is 6.10 Å². The van der Waals surface area contributed by atoms with Gasteiger partial charge >= 0.3 is 12.0 Å². The van der Waals surface area contributed by atoms with E-state index in [9.17, 15) is 14.4 Å². The van der Waals surface area contributed by atoms with Crippen LogP contribution in [0.3, 0.4) is 0 Å². The number of nitrogens with two attached hydrogens (primary N) is 1. The van der Waals surface area contributed by atoms with Gasteiger partial charge in [-0.15, -0.1) is 0 Å². The number of imide groups is 1. The maximum atomic E-state index is 11.7. The lowest BCUT2D eigenvalue weighted by atomic mass is 10.1. The number of benzene rings is 1. The van der Waals surface area contributed by atoms with E-state index in [4.69, 9.17) is 15.0 Å². The van der Waals surface area contributed by atoms with Crippen molar-refractivity contribution in [2.75, 3.05) is 0 Å². The Kier molecular flexibility index (Phi) is 5.83. The molecule has 1 atom stereocenters. The van der Waals surface area contributed by atoms with Crippen LogP contribution >= 0.6 is 0 Å². The summed E-state index contributed by atoms with van der Waals surface area (Å²) in [6.45, 7) is 3.31. The molecule has 1 aromatic heterocycles. The van der Waals surface area contributed by atoms with Gasteiger partial charge in [0, 0.05) is 12.0 Å². The monoisotopic (exact) mass is 346 g/mol. The number of nitrogens with one attached hydrogen (secondary N) is 1. The molecule has 9 heteroatoms. The summed E-state index contributed by atoms with van der Waals surface area (Å²) in [5.74, 6) is -0.721. The van der Waals surface area contributed by atoms with Crippen LogP contribution in [0.4, 0.5) is 4.79 Å². The zero-order valence-electron chi connectivity index (χ0n) is 13.8. The van der Waals surface area contributed by atoms with E-state index in [2.05, 4.69) is 10.1 Å². The first kappa shape index (κ1) is 18.1. The normalized spacial score (nSPS) is 11.6. The highest BCUT2D eigenvalue weighted by Crippen LogP contribution is 2.16. The molecule has 0 aliphatic heterocycles. The Bertz CT molecular complexity index is 769. The van der Waals surface area contributed by atoms with Gasteiger partial charge in [0.1, 0.15) is 0 Å². The van der Waals surface area contributed by atoms with E-state index in [1.54, 1.807) is 0 Å². The number of rotatable bonds is 6. The number of esters is 1. The zero-order chi connectivity index (χ0) is 18.4. The smallest absolute Gasteiger partial charge is 0.318 e. The number of hydrogen-bond donors (Lipinski definition) is 2. The predicted molar refractivity (Wildman–Crippen MR) is 86.1 cm³/mol. The van der Waals surface area contributed by atoms with Gasteiger partial charge in [-0.05, 0) is 13.8 Å². The summed E-state index contributed by atoms with van der Waals surface area (Å²) in [5, 5.41) is 5.69. The Balaban J connectivity index is 1.85. The lowest BCUT2D eigenvalue weighted by Gasteiger charge is -2.11. The molecule has 0 spiro atoms. The van der Waals surface area contributed by atoms with Crippen molar-refractivity contribution in [3.8, 4) is 11.4 Å². The number of aryl methyl sites for hydroxylation is 2. The fourth-order valence-electron chi connectivity index (χ4n) is 1.92. The Morgan fingerprint density at radius 3 is 2.60 bits per heavy atom. The van der Waals surface area contributed by atoms with Crippen molar-refractivity contribution in [1.29, 1.82) is 0 Å². The first-order valence-corrected chi connectivity index (χ1v) is 7.54. The molecule has 1 heterocycles. The van der Waals surface area contributed by atoms with Gasteiger partial charge in [-0.3, -0.25) is 14.9 Å². The molecule has 3 amide bonds. The van der Waals surface area contributed by atoms with Crippen LogP contribution in [0.2, 0.25) is 0 Å². The van der Waals surface area contributed by atoms with Crippen molar-refractivity contribution in [1.82, 2.24) is 15.5 Å². The summed E-state index contributed by atoms with van der Waals surface area (Å²) in [7, 11) is 0. The molecular weight excluding hydrogens is 328 g/mol. The van der Waals surface area contributed by atoms with Gasteiger partial charge in [-0.2, -0.15) is 4.98 Å². The van der Waals surface area contributed by atoms with Crippen LogP contribution in [0.5, 0.6) is 0 Å². The van der Waals surface area contributed by atoms with Crippen molar-refractivity contribution < 1.29 is 23.6 Å². The molecule has 0 bridgehead atoms.